The minimum atomic E-state index is -0.326. The van der Waals surface area contributed by atoms with Crippen molar-refractivity contribution in [2.45, 2.75) is 131 Å². The Labute approximate surface area is 614 Å². The number of nitrogen functional groups attached to an aromatic ring is 3. The number of benzene rings is 10. The Kier molecular flexibility index (Phi) is 22.4. The Bertz CT molecular complexity index is 4860. The van der Waals surface area contributed by atoms with Gasteiger partial charge in [-0.1, -0.05) is 99.5 Å². The molecule has 0 bridgehead atoms. The summed E-state index contributed by atoms with van der Waals surface area (Å²) < 4.78 is 6.75. The Morgan fingerprint density at radius 2 is 0.581 bits per heavy atom. The molecule has 13 rings (SSSR count). The van der Waals surface area contributed by atoms with E-state index >= 15 is 0 Å². The van der Waals surface area contributed by atoms with E-state index in [4.69, 9.17) is 32.2 Å². The van der Waals surface area contributed by atoms with Gasteiger partial charge in [0.1, 0.15) is 33.1 Å². The molecule has 17 heteroatoms. The number of aryl methyl sites for hydroxylation is 7. The molecule has 0 radical (unpaired) electrons. The SMILES string of the molecule is Cc1cc2nc3cc(C)c(CCCCCCCNC(=O)c4cc(C(=O)NCCCCCCNc5cc6c(cc5C)nc5cc(C)c(N)cc5[n+]6-c5ccccc5)cc(C(=O)NCCCCCCNc5cc6c(cc5C)nc5cc(C)c(N)cc5[n+]6-c5ccccc5)c4)cc3[n+](-c3ccccc3)c2cc1N. The fourth-order valence-electron chi connectivity index (χ4n) is 14.3. The predicted octanol–water partition coefficient (Wildman–Crippen LogP) is 15.9. The first-order chi connectivity index (χ1) is 51.0. The highest BCUT2D eigenvalue weighted by molar-refractivity contribution is 6.04. The number of nitrogens with two attached hydrogens (primary N) is 3. The van der Waals surface area contributed by atoms with Crippen molar-refractivity contribution in [2.75, 3.05) is 60.6 Å². The lowest BCUT2D eigenvalue weighted by molar-refractivity contribution is -0.538. The van der Waals surface area contributed by atoms with Crippen LogP contribution in [0.1, 0.15) is 153 Å². The van der Waals surface area contributed by atoms with Crippen molar-refractivity contribution >= 4 is 112 Å². The number of rotatable bonds is 30. The molecule has 17 nitrogen and oxygen atoms in total. The summed E-state index contributed by atoms with van der Waals surface area (Å²) >= 11 is 0. The number of nitrogens with one attached hydrogen (secondary N) is 5. The number of nitrogens with zero attached hydrogens (tertiary/aromatic N) is 6. The van der Waals surface area contributed by atoms with Crippen LogP contribution in [0.15, 0.2) is 182 Å². The second-order valence-electron chi connectivity index (χ2n) is 28.3. The zero-order valence-electron chi connectivity index (χ0n) is 61.4. The first kappa shape index (κ1) is 71.8. The van der Waals surface area contributed by atoms with Gasteiger partial charge in [-0.05, 0) is 180 Å². The number of fused-ring (bicyclic) bond motifs is 6. The van der Waals surface area contributed by atoms with Crippen LogP contribution in [-0.2, 0) is 6.42 Å². The Balaban J connectivity index is 0.603. The molecule has 11 N–H and O–H groups in total. The van der Waals surface area contributed by atoms with Gasteiger partial charge in [-0.15, -0.1) is 13.7 Å². The van der Waals surface area contributed by atoms with Crippen molar-refractivity contribution in [2.24, 2.45) is 0 Å². The summed E-state index contributed by atoms with van der Waals surface area (Å²) in [6, 6.07) is 61.3. The number of carbonyl (C=O) groups is 3. The quantitative estimate of drug-likeness (QED) is 0.00911. The number of amides is 3. The topological polar surface area (TPSA) is 240 Å². The minimum Gasteiger partial charge on any atom is -0.398 e. The molecule has 10 aromatic carbocycles. The van der Waals surface area contributed by atoms with Crippen LogP contribution < -0.4 is 57.5 Å². The summed E-state index contributed by atoms with van der Waals surface area (Å²) in [5, 5.41) is 16.7. The molecule has 0 fully saturated rings. The molecule has 3 amide bonds. The molecule has 0 aliphatic heterocycles. The zero-order chi connectivity index (χ0) is 73.1. The number of hydrogen-bond acceptors (Lipinski definition) is 11. The van der Waals surface area contributed by atoms with Crippen molar-refractivity contribution < 1.29 is 28.1 Å². The van der Waals surface area contributed by atoms with Gasteiger partial charge in [0.05, 0.1) is 0 Å². The third kappa shape index (κ3) is 16.6. The molecular weight excluding hydrogens is 1300 g/mol. The van der Waals surface area contributed by atoms with Crippen molar-refractivity contribution in [1.82, 2.24) is 30.9 Å². The van der Waals surface area contributed by atoms with Crippen LogP contribution in [0.5, 0.6) is 0 Å². The average molecular weight is 1400 g/mol. The number of aromatic nitrogens is 6. The molecule has 13 aromatic rings. The number of para-hydroxylation sites is 3. The number of anilines is 5. The summed E-state index contributed by atoms with van der Waals surface area (Å²) in [5.41, 5.74) is 46.7. The highest BCUT2D eigenvalue weighted by Gasteiger charge is 2.27. The maximum absolute atomic E-state index is 14.0. The monoisotopic (exact) mass is 1400 g/mol. The van der Waals surface area contributed by atoms with E-state index in [9.17, 15) is 14.4 Å². The summed E-state index contributed by atoms with van der Waals surface area (Å²) in [6.07, 6.45) is 12.9. The lowest BCUT2D eigenvalue weighted by atomic mass is 9.99. The van der Waals surface area contributed by atoms with E-state index in [1.807, 2.05) is 81.4 Å². The number of carbonyl (C=O) groups excluding carboxylic acids is 3. The molecule has 3 heterocycles. The van der Waals surface area contributed by atoms with Crippen LogP contribution >= 0.6 is 0 Å². The van der Waals surface area contributed by atoms with Crippen molar-refractivity contribution in [3.8, 4) is 17.1 Å². The van der Waals surface area contributed by atoms with E-state index in [-0.39, 0.29) is 34.4 Å². The van der Waals surface area contributed by atoms with E-state index in [0.29, 0.717) is 19.6 Å². The van der Waals surface area contributed by atoms with Crippen LogP contribution in [0, 0.1) is 41.5 Å². The second-order valence-corrected chi connectivity index (χ2v) is 28.3. The van der Waals surface area contributed by atoms with Gasteiger partial charge in [-0.25, -0.2) is 15.0 Å². The van der Waals surface area contributed by atoms with Gasteiger partial charge < -0.3 is 43.8 Å². The van der Waals surface area contributed by atoms with Gasteiger partial charge in [0, 0.05) is 151 Å². The van der Waals surface area contributed by atoms with Gasteiger partial charge in [-0.3, -0.25) is 14.4 Å². The fourth-order valence-corrected chi connectivity index (χ4v) is 14.3. The van der Waals surface area contributed by atoms with E-state index in [2.05, 4.69) is 164 Å². The number of unbranched alkanes of at least 4 members (excludes halogenated alkanes) is 10. The lowest BCUT2D eigenvalue weighted by Crippen LogP contribution is -2.33. The molecule has 0 aliphatic rings. The summed E-state index contributed by atoms with van der Waals surface area (Å²) in [4.78, 5) is 57.3. The molecule has 0 unspecified atom stereocenters. The lowest BCUT2D eigenvalue weighted by Gasteiger charge is -2.13. The van der Waals surface area contributed by atoms with Crippen molar-refractivity contribution in [1.29, 1.82) is 0 Å². The summed E-state index contributed by atoms with van der Waals surface area (Å²) in [5.74, 6) is -0.971. The smallest absolute Gasteiger partial charge is 0.251 e. The molecule has 0 atom stereocenters. The van der Waals surface area contributed by atoms with Crippen LogP contribution in [0.3, 0.4) is 0 Å². The van der Waals surface area contributed by atoms with Crippen LogP contribution in [0.2, 0.25) is 0 Å². The maximum Gasteiger partial charge on any atom is 0.251 e. The standard InChI is InChI=1S/C88H94N14O3/c1-56-41-74-80(100(66-30-18-14-19-31-66)81-51-69(89)57(2)42-75(81)97-74)50-62(56)29-17-8-7-9-26-38-94-86(103)63-47-64(87(104)95-39-27-12-10-24-36-92-72-54-84-78(45-60(72)5)98-76-43-58(3)70(90)52-82(76)101(84)67-32-20-15-21-33-67)49-65(48-63)88(105)96-40-28-13-11-25-37-93-73-55-85-79(46-61(73)6)99-77-44-59(4)71(91)53-83(77)102(85)68-34-22-16-23-35-68/h14-16,18-23,30-35,41-55,89H,7-13,17,24-29,36-40H2,1-6H3,(H7,90,91,92,93,94,95,96,103,104,105)/p+3. The van der Waals surface area contributed by atoms with Gasteiger partial charge in [0.2, 0.25) is 50.2 Å². The van der Waals surface area contributed by atoms with Gasteiger partial charge in [0.15, 0.2) is 0 Å². The Hall–Kier alpha value is -11.6. The Morgan fingerprint density at radius 1 is 0.305 bits per heavy atom. The second kappa shape index (κ2) is 32.8. The third-order valence-corrected chi connectivity index (χ3v) is 20.4. The Morgan fingerprint density at radius 3 is 0.924 bits per heavy atom. The minimum absolute atomic E-state index is 0.271. The highest BCUT2D eigenvalue weighted by Crippen LogP contribution is 2.31. The largest absolute Gasteiger partial charge is 0.398 e. The van der Waals surface area contributed by atoms with Gasteiger partial charge >= 0.3 is 0 Å². The number of hydrogen-bond donors (Lipinski definition) is 8. The molecule has 0 spiro atoms. The van der Waals surface area contributed by atoms with Crippen LogP contribution in [0.25, 0.3) is 83.3 Å². The average Bonchev–Trinajstić information content (AvgIpc) is 0.761. The summed E-state index contributed by atoms with van der Waals surface area (Å²) in [6.45, 7) is 15.4. The van der Waals surface area contributed by atoms with Gasteiger partial charge in [-0.2, -0.15) is 0 Å². The first-order valence-corrected chi connectivity index (χ1v) is 37.3. The molecule has 534 valence electrons. The molecule has 105 heavy (non-hydrogen) atoms. The molecule has 0 saturated heterocycles. The van der Waals surface area contributed by atoms with Crippen molar-refractivity contribution in [3.05, 3.63) is 238 Å². The predicted molar refractivity (Wildman–Crippen MR) is 428 cm³/mol. The van der Waals surface area contributed by atoms with E-state index < -0.39 is 0 Å². The summed E-state index contributed by atoms with van der Waals surface area (Å²) in [7, 11) is 0. The van der Waals surface area contributed by atoms with E-state index in [1.165, 1.54) is 11.1 Å². The van der Waals surface area contributed by atoms with Crippen LogP contribution in [0.4, 0.5) is 28.4 Å². The fraction of sp³-hybridized carbons (Fsp3) is 0.284. The van der Waals surface area contributed by atoms with Crippen LogP contribution in [-0.4, -0.2) is 65.4 Å². The molecule has 0 saturated carbocycles. The highest BCUT2D eigenvalue weighted by atomic mass is 16.2. The van der Waals surface area contributed by atoms with Crippen molar-refractivity contribution in [3.63, 3.8) is 0 Å². The molecule has 3 aromatic heterocycles. The zero-order valence-corrected chi connectivity index (χ0v) is 61.4. The maximum atomic E-state index is 14.0. The van der Waals surface area contributed by atoms with E-state index in [1.54, 1.807) is 18.2 Å². The first-order valence-electron chi connectivity index (χ1n) is 37.3. The normalized spacial score (nSPS) is 11.5. The third-order valence-electron chi connectivity index (χ3n) is 20.4. The van der Waals surface area contributed by atoms with Gasteiger partial charge in [0.25, 0.3) is 17.7 Å². The molecular formula is C88H97N14O3+3. The molecule has 0 aliphatic carbocycles. The van der Waals surface area contributed by atoms with E-state index in [0.717, 1.165) is 242 Å².